The van der Waals surface area contributed by atoms with Gasteiger partial charge in [0, 0.05) is 6.20 Å². The average Bonchev–Trinajstić information content (AvgIpc) is 2.81. The van der Waals surface area contributed by atoms with Crippen molar-refractivity contribution >= 4 is 11.5 Å². The molecular weight excluding hydrogens is 251 g/mol. The number of alkyl halides is 3. The summed E-state index contributed by atoms with van der Waals surface area (Å²) in [6.45, 7) is 0. The van der Waals surface area contributed by atoms with Crippen LogP contribution in [0.2, 0.25) is 0 Å². The predicted molar refractivity (Wildman–Crippen MR) is 53.9 cm³/mol. The van der Waals surface area contributed by atoms with Crippen molar-refractivity contribution in [3.05, 3.63) is 35.9 Å². The van der Waals surface area contributed by atoms with Gasteiger partial charge in [0.2, 0.25) is 0 Å². The molecule has 0 saturated carbocycles. The third kappa shape index (κ3) is 2.62. The zero-order valence-electron chi connectivity index (χ0n) is 8.72. The van der Waals surface area contributed by atoms with Gasteiger partial charge in [-0.15, -0.1) is 0 Å². The number of rotatable bonds is 2. The molecule has 6 nitrogen and oxygen atoms in total. The standard InChI is InChI=1S/C9H6F3N5O/c10-9(11,12)7-3-5(1-2-14-7)16-8(13)6-4-15-18-17-6/h1-4H,(H2,13,14,16). The molecule has 0 radical (unpaired) electrons. The largest absolute Gasteiger partial charge is 0.433 e. The highest BCUT2D eigenvalue weighted by atomic mass is 19.4. The molecule has 2 aromatic rings. The summed E-state index contributed by atoms with van der Waals surface area (Å²) in [6, 6.07) is 2.07. The molecule has 2 N–H and O–H groups in total. The lowest BCUT2D eigenvalue weighted by molar-refractivity contribution is -0.141. The Bertz CT molecular complexity index is 564. The maximum atomic E-state index is 12.4. The van der Waals surface area contributed by atoms with Gasteiger partial charge >= 0.3 is 6.18 Å². The van der Waals surface area contributed by atoms with E-state index < -0.39 is 11.9 Å². The Morgan fingerprint density at radius 2 is 2.17 bits per heavy atom. The van der Waals surface area contributed by atoms with Gasteiger partial charge in [-0.2, -0.15) is 13.2 Å². The summed E-state index contributed by atoms with van der Waals surface area (Å²) in [5.74, 6) is -0.101. The number of nitrogens with two attached hydrogens (primary N) is 1. The molecule has 0 unspecified atom stereocenters. The van der Waals surface area contributed by atoms with Crippen LogP contribution < -0.4 is 5.73 Å². The molecule has 0 aliphatic rings. The fourth-order valence-electron chi connectivity index (χ4n) is 1.12. The van der Waals surface area contributed by atoms with E-state index >= 15 is 0 Å². The second kappa shape index (κ2) is 4.43. The second-order valence-electron chi connectivity index (χ2n) is 3.19. The quantitative estimate of drug-likeness (QED) is 0.650. The molecule has 0 saturated heterocycles. The summed E-state index contributed by atoms with van der Waals surface area (Å²) in [4.78, 5) is 6.97. The third-order valence-corrected chi connectivity index (χ3v) is 1.91. The molecule has 18 heavy (non-hydrogen) atoms. The van der Waals surface area contributed by atoms with Crippen LogP contribution in [0.3, 0.4) is 0 Å². The van der Waals surface area contributed by atoms with Crippen molar-refractivity contribution in [2.75, 3.05) is 0 Å². The van der Waals surface area contributed by atoms with Gasteiger partial charge in [0.05, 0.1) is 5.69 Å². The fraction of sp³-hybridized carbons (Fsp3) is 0.111. The first-order chi connectivity index (χ1) is 8.47. The Morgan fingerprint density at radius 1 is 1.39 bits per heavy atom. The lowest BCUT2D eigenvalue weighted by Crippen LogP contribution is -2.13. The second-order valence-corrected chi connectivity index (χ2v) is 3.19. The highest BCUT2D eigenvalue weighted by Gasteiger charge is 2.32. The number of aromatic nitrogens is 3. The van der Waals surface area contributed by atoms with Crippen LogP contribution in [-0.2, 0) is 6.18 Å². The van der Waals surface area contributed by atoms with E-state index in [9.17, 15) is 13.2 Å². The summed E-state index contributed by atoms with van der Waals surface area (Å²) < 4.78 is 41.5. The highest BCUT2D eigenvalue weighted by molar-refractivity contribution is 5.96. The van der Waals surface area contributed by atoms with Crippen LogP contribution in [0.5, 0.6) is 0 Å². The SMILES string of the molecule is NC(=Nc1ccnc(C(F)(F)F)c1)c1cnon1. The predicted octanol–water partition coefficient (Wildman–Crippen LogP) is 1.52. The van der Waals surface area contributed by atoms with Crippen LogP contribution in [-0.4, -0.2) is 21.1 Å². The summed E-state index contributed by atoms with van der Waals surface area (Å²) in [6.07, 6.45) is -2.34. The molecule has 0 aliphatic heterocycles. The summed E-state index contributed by atoms with van der Waals surface area (Å²) in [7, 11) is 0. The topological polar surface area (TPSA) is 90.2 Å². The maximum absolute atomic E-state index is 12.4. The van der Waals surface area contributed by atoms with Gasteiger partial charge in [-0.05, 0) is 17.3 Å². The van der Waals surface area contributed by atoms with Crippen LogP contribution in [0.15, 0.2) is 34.1 Å². The lowest BCUT2D eigenvalue weighted by Gasteiger charge is -2.05. The van der Waals surface area contributed by atoms with E-state index in [4.69, 9.17) is 5.73 Å². The van der Waals surface area contributed by atoms with Gasteiger partial charge in [0.25, 0.3) is 0 Å². The van der Waals surface area contributed by atoms with Gasteiger partial charge in [0.15, 0.2) is 11.5 Å². The lowest BCUT2D eigenvalue weighted by atomic mass is 10.3. The summed E-state index contributed by atoms with van der Waals surface area (Å²) >= 11 is 0. The van der Waals surface area contributed by atoms with Crippen molar-refractivity contribution in [1.82, 2.24) is 15.3 Å². The van der Waals surface area contributed by atoms with Gasteiger partial charge in [-0.25, -0.2) is 9.62 Å². The van der Waals surface area contributed by atoms with Crippen LogP contribution in [0.25, 0.3) is 0 Å². The first-order valence-corrected chi connectivity index (χ1v) is 4.62. The zero-order chi connectivity index (χ0) is 13.2. The van der Waals surface area contributed by atoms with Gasteiger partial charge in [0.1, 0.15) is 11.9 Å². The van der Waals surface area contributed by atoms with Crippen LogP contribution in [0, 0.1) is 0 Å². The number of pyridine rings is 1. The van der Waals surface area contributed by atoms with E-state index in [1.807, 2.05) is 0 Å². The number of hydrogen-bond donors (Lipinski definition) is 1. The maximum Gasteiger partial charge on any atom is 0.433 e. The van der Waals surface area contributed by atoms with Crippen molar-refractivity contribution in [2.45, 2.75) is 6.18 Å². The number of halogens is 3. The van der Waals surface area contributed by atoms with E-state index in [0.29, 0.717) is 0 Å². The van der Waals surface area contributed by atoms with Crippen LogP contribution in [0.1, 0.15) is 11.4 Å². The molecular formula is C9H6F3N5O. The third-order valence-electron chi connectivity index (χ3n) is 1.91. The zero-order valence-corrected chi connectivity index (χ0v) is 8.72. The minimum absolute atomic E-state index is 0.0119. The van der Waals surface area contributed by atoms with Gasteiger partial charge < -0.3 is 5.73 Å². The number of amidine groups is 1. The van der Waals surface area contributed by atoms with E-state index in [1.165, 1.54) is 12.3 Å². The van der Waals surface area contributed by atoms with Crippen molar-refractivity contribution < 1.29 is 17.8 Å². The average molecular weight is 257 g/mol. The van der Waals surface area contributed by atoms with Crippen molar-refractivity contribution in [2.24, 2.45) is 10.7 Å². The van der Waals surface area contributed by atoms with Crippen LogP contribution >= 0.6 is 0 Å². The smallest absolute Gasteiger partial charge is 0.382 e. The molecule has 9 heteroatoms. The minimum atomic E-state index is -4.53. The van der Waals surface area contributed by atoms with E-state index in [-0.39, 0.29) is 17.2 Å². The first kappa shape index (κ1) is 12.0. The van der Waals surface area contributed by atoms with Crippen molar-refractivity contribution in [1.29, 1.82) is 0 Å². The number of aliphatic imine (C=N–C) groups is 1. The Balaban J connectivity index is 2.33. The molecule has 0 aliphatic carbocycles. The van der Waals surface area contributed by atoms with Crippen LogP contribution in [0.4, 0.5) is 18.9 Å². The molecule has 2 aromatic heterocycles. The Kier molecular flexibility index (Phi) is 2.96. The van der Waals surface area contributed by atoms with E-state index in [2.05, 4.69) is 24.9 Å². The highest BCUT2D eigenvalue weighted by Crippen LogP contribution is 2.29. The van der Waals surface area contributed by atoms with E-state index in [1.54, 1.807) is 0 Å². The monoisotopic (exact) mass is 257 g/mol. The first-order valence-electron chi connectivity index (χ1n) is 4.62. The summed E-state index contributed by atoms with van der Waals surface area (Å²) in [5, 5.41) is 6.71. The number of nitrogens with zero attached hydrogens (tertiary/aromatic N) is 4. The van der Waals surface area contributed by atoms with Crippen molar-refractivity contribution in [3.8, 4) is 0 Å². The summed E-state index contributed by atoms with van der Waals surface area (Å²) in [5.41, 5.74) is 4.62. The molecule has 0 aromatic carbocycles. The van der Waals surface area contributed by atoms with Gasteiger partial charge in [-0.1, -0.05) is 5.16 Å². The Hall–Kier alpha value is -2.45. The molecule has 2 rings (SSSR count). The normalized spacial score (nSPS) is 12.7. The molecule has 0 fully saturated rings. The molecule has 2 heterocycles. The molecule has 94 valence electrons. The Morgan fingerprint density at radius 3 is 2.78 bits per heavy atom. The molecule has 0 amide bonds. The van der Waals surface area contributed by atoms with Crippen molar-refractivity contribution in [3.63, 3.8) is 0 Å². The van der Waals surface area contributed by atoms with Gasteiger partial charge in [-0.3, -0.25) is 4.98 Å². The molecule has 0 bridgehead atoms. The fourth-order valence-corrected chi connectivity index (χ4v) is 1.12. The Labute approximate surface area is 98.3 Å². The van der Waals surface area contributed by atoms with E-state index in [0.717, 1.165) is 12.3 Å². The molecule has 0 atom stereocenters. The molecule has 0 spiro atoms. The minimum Gasteiger partial charge on any atom is -0.382 e. The number of hydrogen-bond acceptors (Lipinski definition) is 5.